The molecule has 0 aromatic heterocycles. The molecule has 1 aliphatic rings. The van der Waals surface area contributed by atoms with Crippen LogP contribution >= 0.6 is 0 Å². The van der Waals surface area contributed by atoms with Crippen LogP contribution in [0.5, 0.6) is 0 Å². The minimum atomic E-state index is -1.07. The minimum Gasteiger partial charge on any atom is -0.381 e. The summed E-state index contributed by atoms with van der Waals surface area (Å²) in [5.41, 5.74) is 4.53. The van der Waals surface area contributed by atoms with Crippen LogP contribution in [0.4, 0.5) is 14.5 Å². The molecule has 6 nitrogen and oxygen atoms in total. The van der Waals surface area contributed by atoms with Crippen molar-refractivity contribution in [3.05, 3.63) is 29.8 Å². The Hall–Kier alpha value is -2.06. The van der Waals surface area contributed by atoms with Crippen molar-refractivity contribution < 1.29 is 23.1 Å². The monoisotopic (exact) mass is 341 g/mol. The van der Waals surface area contributed by atoms with Gasteiger partial charge >= 0.3 is 0 Å². The largest absolute Gasteiger partial charge is 0.381 e. The summed E-state index contributed by atoms with van der Waals surface area (Å²) in [6.07, 6.45) is 0.734. The van der Waals surface area contributed by atoms with Crippen molar-refractivity contribution in [3.8, 4) is 0 Å². The van der Waals surface area contributed by atoms with Gasteiger partial charge in [0, 0.05) is 19.8 Å². The fraction of sp³-hybridized carbons (Fsp3) is 0.500. The Morgan fingerprint density at radius 1 is 1.29 bits per heavy atom. The zero-order chi connectivity index (χ0) is 17.7. The van der Waals surface area contributed by atoms with E-state index in [1.165, 1.54) is 11.0 Å². The average molecular weight is 341 g/mol. The maximum atomic E-state index is 13.6. The van der Waals surface area contributed by atoms with E-state index in [0.29, 0.717) is 26.1 Å². The number of carbonyl (C=O) groups excluding carboxylic acids is 2. The maximum absolute atomic E-state index is 13.6. The number of nitrogens with one attached hydrogen (secondary N) is 1. The molecule has 1 fully saturated rings. The molecule has 0 unspecified atom stereocenters. The number of hydrogen-bond donors (Lipinski definition) is 2. The van der Waals surface area contributed by atoms with Crippen LogP contribution in [0.15, 0.2) is 18.2 Å². The van der Waals surface area contributed by atoms with Crippen LogP contribution in [0.25, 0.3) is 0 Å². The van der Waals surface area contributed by atoms with Crippen LogP contribution in [-0.4, -0.2) is 48.6 Å². The van der Waals surface area contributed by atoms with Crippen LogP contribution in [0.1, 0.15) is 19.8 Å². The lowest BCUT2D eigenvalue weighted by Gasteiger charge is -2.36. The first-order chi connectivity index (χ1) is 11.4. The molecule has 3 N–H and O–H groups in total. The third-order valence-corrected chi connectivity index (χ3v) is 4.04. The van der Waals surface area contributed by atoms with Gasteiger partial charge in [0.2, 0.25) is 11.8 Å². The molecule has 8 heteroatoms. The fourth-order valence-electron chi connectivity index (χ4n) is 2.56. The highest BCUT2D eigenvalue weighted by atomic mass is 19.1. The van der Waals surface area contributed by atoms with E-state index in [-0.39, 0.29) is 19.0 Å². The van der Waals surface area contributed by atoms with Crippen molar-refractivity contribution in [2.75, 3.05) is 31.6 Å². The second-order valence-electron chi connectivity index (χ2n) is 5.73. The molecule has 1 aromatic rings. The van der Waals surface area contributed by atoms with Crippen molar-refractivity contribution in [1.82, 2.24) is 4.90 Å². The summed E-state index contributed by atoms with van der Waals surface area (Å²) in [6, 6.07) is 3.28. The number of benzene rings is 1. The van der Waals surface area contributed by atoms with Gasteiger partial charge in [0.1, 0.15) is 17.3 Å². The van der Waals surface area contributed by atoms with Crippen LogP contribution in [0.3, 0.4) is 0 Å². The summed E-state index contributed by atoms with van der Waals surface area (Å²) >= 11 is 0. The number of likely N-dealkylation sites (N-methyl/N-ethyl adjacent to an activating group) is 1. The molecule has 0 radical (unpaired) electrons. The lowest BCUT2D eigenvalue weighted by molar-refractivity contribution is -0.142. The summed E-state index contributed by atoms with van der Waals surface area (Å²) in [5.74, 6) is -2.81. The number of carbonyl (C=O) groups is 2. The fourth-order valence-corrected chi connectivity index (χ4v) is 2.56. The van der Waals surface area contributed by atoms with E-state index in [0.717, 1.165) is 12.1 Å². The van der Waals surface area contributed by atoms with E-state index in [1.807, 2.05) is 0 Å². The standard InChI is InChI=1S/C16H21F2N3O3/c1-2-21(15(23)16(19)6-8-24-9-7-16)10-13(22)20-14-11(17)4-3-5-12(14)18/h3-5H,2,6-10,19H2,1H3,(H,20,22). The predicted molar refractivity (Wildman–Crippen MR) is 84.2 cm³/mol. The molecule has 0 aliphatic carbocycles. The topological polar surface area (TPSA) is 84.7 Å². The molecule has 0 atom stereocenters. The van der Waals surface area contributed by atoms with E-state index in [9.17, 15) is 18.4 Å². The summed E-state index contributed by atoms with van der Waals surface area (Å²) in [7, 11) is 0. The highest BCUT2D eigenvalue weighted by Gasteiger charge is 2.39. The van der Waals surface area contributed by atoms with Crippen LogP contribution in [-0.2, 0) is 14.3 Å². The van der Waals surface area contributed by atoms with Gasteiger partial charge in [-0.25, -0.2) is 8.78 Å². The zero-order valence-corrected chi connectivity index (χ0v) is 13.5. The Morgan fingerprint density at radius 3 is 2.42 bits per heavy atom. The SMILES string of the molecule is CCN(CC(=O)Nc1c(F)cccc1F)C(=O)C1(N)CCOCC1. The Morgan fingerprint density at radius 2 is 1.88 bits per heavy atom. The minimum absolute atomic E-state index is 0.256. The molecule has 2 rings (SSSR count). The van der Waals surface area contributed by atoms with Crippen LogP contribution in [0.2, 0.25) is 0 Å². The normalized spacial score (nSPS) is 16.5. The van der Waals surface area contributed by atoms with Crippen LogP contribution in [0, 0.1) is 11.6 Å². The molecular weight excluding hydrogens is 320 g/mol. The van der Waals surface area contributed by atoms with Crippen molar-refractivity contribution in [2.45, 2.75) is 25.3 Å². The Kier molecular flexibility index (Phi) is 5.84. The number of hydrogen-bond acceptors (Lipinski definition) is 4. The molecular formula is C16H21F2N3O3. The Balaban J connectivity index is 2.04. The summed E-state index contributed by atoms with van der Waals surface area (Å²) < 4.78 is 32.3. The number of nitrogens with zero attached hydrogens (tertiary/aromatic N) is 1. The van der Waals surface area contributed by atoms with Gasteiger partial charge in [0.05, 0.1) is 12.1 Å². The summed E-state index contributed by atoms with van der Waals surface area (Å²) in [5, 5.41) is 2.17. The number of amides is 2. The second-order valence-corrected chi connectivity index (χ2v) is 5.73. The number of anilines is 1. The molecule has 1 heterocycles. The van der Waals surface area contributed by atoms with Gasteiger partial charge in [-0.3, -0.25) is 9.59 Å². The van der Waals surface area contributed by atoms with E-state index in [2.05, 4.69) is 5.32 Å². The number of nitrogens with two attached hydrogens (primary N) is 1. The molecule has 1 saturated heterocycles. The first-order valence-electron chi connectivity index (χ1n) is 7.77. The first kappa shape index (κ1) is 18.3. The average Bonchev–Trinajstić information content (AvgIpc) is 2.56. The predicted octanol–water partition coefficient (Wildman–Crippen LogP) is 1.26. The molecule has 0 bridgehead atoms. The van der Waals surface area contributed by atoms with E-state index in [1.54, 1.807) is 6.92 Å². The van der Waals surface area contributed by atoms with Crippen molar-refractivity contribution in [2.24, 2.45) is 5.73 Å². The maximum Gasteiger partial charge on any atom is 0.244 e. The Labute approximate surface area is 138 Å². The van der Waals surface area contributed by atoms with Gasteiger partial charge in [-0.05, 0) is 31.9 Å². The summed E-state index contributed by atoms with van der Waals surface area (Å²) in [4.78, 5) is 25.9. The lowest BCUT2D eigenvalue weighted by Crippen LogP contribution is -2.59. The van der Waals surface area contributed by atoms with E-state index >= 15 is 0 Å². The van der Waals surface area contributed by atoms with Gasteiger partial charge in [-0.15, -0.1) is 0 Å². The van der Waals surface area contributed by atoms with Gasteiger partial charge in [0.25, 0.3) is 0 Å². The first-order valence-corrected chi connectivity index (χ1v) is 7.77. The second kappa shape index (κ2) is 7.67. The highest BCUT2D eigenvalue weighted by Crippen LogP contribution is 2.21. The van der Waals surface area contributed by atoms with Crippen molar-refractivity contribution in [3.63, 3.8) is 0 Å². The number of para-hydroxylation sites is 1. The van der Waals surface area contributed by atoms with Gasteiger partial charge < -0.3 is 20.7 Å². The van der Waals surface area contributed by atoms with Gasteiger partial charge in [0.15, 0.2) is 0 Å². The molecule has 132 valence electrons. The Bertz CT molecular complexity index is 598. The zero-order valence-electron chi connectivity index (χ0n) is 13.5. The van der Waals surface area contributed by atoms with Gasteiger partial charge in [-0.1, -0.05) is 6.07 Å². The lowest BCUT2D eigenvalue weighted by atomic mass is 9.89. The molecule has 1 aromatic carbocycles. The molecule has 2 amide bonds. The third kappa shape index (κ3) is 4.07. The number of halogens is 2. The number of ether oxygens (including phenoxy) is 1. The van der Waals surface area contributed by atoms with E-state index < -0.39 is 28.8 Å². The van der Waals surface area contributed by atoms with Crippen molar-refractivity contribution in [1.29, 1.82) is 0 Å². The molecule has 0 saturated carbocycles. The van der Waals surface area contributed by atoms with Gasteiger partial charge in [-0.2, -0.15) is 0 Å². The summed E-state index contributed by atoms with van der Waals surface area (Å²) in [6.45, 7) is 2.39. The molecule has 0 spiro atoms. The smallest absolute Gasteiger partial charge is 0.244 e. The molecule has 24 heavy (non-hydrogen) atoms. The highest BCUT2D eigenvalue weighted by molar-refractivity contribution is 5.96. The third-order valence-electron chi connectivity index (χ3n) is 4.04. The van der Waals surface area contributed by atoms with Crippen LogP contribution < -0.4 is 11.1 Å². The quantitative estimate of drug-likeness (QED) is 0.844. The molecule has 1 aliphatic heterocycles. The number of rotatable bonds is 5. The van der Waals surface area contributed by atoms with Crippen molar-refractivity contribution >= 4 is 17.5 Å². The van der Waals surface area contributed by atoms with E-state index in [4.69, 9.17) is 10.5 Å².